The van der Waals surface area contributed by atoms with Gasteiger partial charge in [0.05, 0.1) is 5.75 Å². The average Bonchev–Trinajstić information content (AvgIpc) is 2.45. The maximum atomic E-state index is 11.2. The van der Waals surface area contributed by atoms with Gasteiger partial charge in [-0.3, -0.25) is 4.90 Å². The molecule has 0 aromatic carbocycles. The Morgan fingerprint density at radius 1 is 1.25 bits per heavy atom. The van der Waals surface area contributed by atoms with Crippen LogP contribution in [0.4, 0.5) is 5.82 Å². The molecule has 7 heteroatoms. The zero-order valence-electron chi connectivity index (χ0n) is 11.8. The third kappa shape index (κ3) is 4.43. The topological polar surface area (TPSA) is 79.5 Å². The lowest BCUT2D eigenvalue weighted by molar-refractivity contribution is 0.271. The molecular formula is C13H22N4O2S. The number of nitrogens with two attached hydrogens (primary N) is 1. The van der Waals surface area contributed by atoms with E-state index in [0.717, 1.165) is 37.6 Å². The lowest BCUT2D eigenvalue weighted by Gasteiger charge is -2.35. The summed E-state index contributed by atoms with van der Waals surface area (Å²) in [7, 11) is -2.88. The van der Waals surface area contributed by atoms with Crippen LogP contribution in [0.3, 0.4) is 0 Å². The summed E-state index contributed by atoms with van der Waals surface area (Å²) in [4.78, 5) is 8.82. The summed E-state index contributed by atoms with van der Waals surface area (Å²) >= 11 is 0. The van der Waals surface area contributed by atoms with E-state index in [1.54, 1.807) is 0 Å². The fourth-order valence-corrected chi connectivity index (χ4v) is 2.81. The van der Waals surface area contributed by atoms with Gasteiger partial charge >= 0.3 is 0 Å². The minimum atomic E-state index is -2.88. The standard InChI is InChI=1S/C13H22N4O2S/c1-20(18,19)9-8-16-4-6-17(7-5-16)13-3-2-12(10-14)11-15-13/h2-3,11H,4-10,14H2,1H3. The maximum Gasteiger partial charge on any atom is 0.148 e. The molecule has 0 unspecified atom stereocenters. The second-order valence-electron chi connectivity index (χ2n) is 5.19. The number of anilines is 1. The predicted octanol–water partition coefficient (Wildman–Crippen LogP) is -0.293. The van der Waals surface area contributed by atoms with Gasteiger partial charge in [-0.05, 0) is 11.6 Å². The first kappa shape index (κ1) is 15.2. The van der Waals surface area contributed by atoms with Crippen LogP contribution in [0.2, 0.25) is 0 Å². The molecule has 0 atom stereocenters. The molecule has 1 saturated heterocycles. The van der Waals surface area contributed by atoms with Crippen LogP contribution >= 0.6 is 0 Å². The largest absolute Gasteiger partial charge is 0.354 e. The minimum absolute atomic E-state index is 0.233. The monoisotopic (exact) mass is 298 g/mol. The Bertz CT molecular complexity index is 522. The number of rotatable bonds is 5. The van der Waals surface area contributed by atoms with Crippen LogP contribution < -0.4 is 10.6 Å². The average molecular weight is 298 g/mol. The zero-order valence-corrected chi connectivity index (χ0v) is 12.6. The summed E-state index contributed by atoms with van der Waals surface area (Å²) in [6.45, 7) is 4.61. The number of hydrogen-bond donors (Lipinski definition) is 1. The van der Waals surface area contributed by atoms with Crippen molar-refractivity contribution in [3.05, 3.63) is 23.9 Å². The first-order chi connectivity index (χ1) is 9.48. The van der Waals surface area contributed by atoms with E-state index >= 15 is 0 Å². The molecule has 20 heavy (non-hydrogen) atoms. The normalized spacial score (nSPS) is 17.4. The highest BCUT2D eigenvalue weighted by molar-refractivity contribution is 7.90. The van der Waals surface area contributed by atoms with Crippen LogP contribution in [-0.4, -0.2) is 63.0 Å². The number of hydrogen-bond acceptors (Lipinski definition) is 6. The molecule has 0 spiro atoms. The Morgan fingerprint density at radius 3 is 2.45 bits per heavy atom. The van der Waals surface area contributed by atoms with Crippen LogP contribution in [0.15, 0.2) is 18.3 Å². The number of piperazine rings is 1. The predicted molar refractivity (Wildman–Crippen MR) is 80.5 cm³/mol. The van der Waals surface area contributed by atoms with Crippen LogP contribution in [0.5, 0.6) is 0 Å². The van der Waals surface area contributed by atoms with Crippen molar-refractivity contribution >= 4 is 15.7 Å². The molecule has 0 radical (unpaired) electrons. The molecule has 2 rings (SSSR count). The molecule has 0 amide bonds. The zero-order chi connectivity index (χ0) is 14.6. The molecule has 1 aromatic heterocycles. The van der Waals surface area contributed by atoms with Crippen molar-refractivity contribution in [1.29, 1.82) is 0 Å². The van der Waals surface area contributed by atoms with Gasteiger partial charge in [-0.1, -0.05) is 6.07 Å². The maximum absolute atomic E-state index is 11.2. The van der Waals surface area contributed by atoms with Crippen LogP contribution in [0.25, 0.3) is 0 Å². The van der Waals surface area contributed by atoms with Crippen LogP contribution in [0, 0.1) is 0 Å². The van der Waals surface area contributed by atoms with E-state index in [0.29, 0.717) is 13.1 Å². The summed E-state index contributed by atoms with van der Waals surface area (Å²) in [6, 6.07) is 3.99. The van der Waals surface area contributed by atoms with Gasteiger partial charge in [-0.2, -0.15) is 0 Å². The number of aromatic nitrogens is 1. The van der Waals surface area contributed by atoms with Crippen LogP contribution in [0.1, 0.15) is 5.56 Å². The van der Waals surface area contributed by atoms with E-state index in [-0.39, 0.29) is 5.75 Å². The minimum Gasteiger partial charge on any atom is -0.354 e. The summed E-state index contributed by atoms with van der Waals surface area (Å²) < 4.78 is 22.3. The summed E-state index contributed by atoms with van der Waals surface area (Å²) in [6.07, 6.45) is 3.09. The lowest BCUT2D eigenvalue weighted by Crippen LogP contribution is -2.47. The molecule has 6 nitrogen and oxygen atoms in total. The lowest BCUT2D eigenvalue weighted by atomic mass is 10.2. The van der Waals surface area contributed by atoms with E-state index in [9.17, 15) is 8.42 Å². The van der Waals surface area contributed by atoms with Gasteiger partial charge in [0, 0.05) is 51.7 Å². The molecule has 1 aliphatic rings. The first-order valence-electron chi connectivity index (χ1n) is 6.78. The second kappa shape index (κ2) is 6.51. The van der Waals surface area contributed by atoms with E-state index in [1.165, 1.54) is 6.26 Å². The molecule has 0 aliphatic carbocycles. The highest BCUT2D eigenvalue weighted by Crippen LogP contribution is 2.13. The Labute approximate surface area is 120 Å². The highest BCUT2D eigenvalue weighted by atomic mass is 32.2. The van der Waals surface area contributed by atoms with Crippen molar-refractivity contribution < 1.29 is 8.42 Å². The molecule has 0 saturated carbocycles. The molecule has 1 aliphatic heterocycles. The van der Waals surface area contributed by atoms with Gasteiger partial charge in [-0.15, -0.1) is 0 Å². The highest BCUT2D eigenvalue weighted by Gasteiger charge is 2.18. The SMILES string of the molecule is CS(=O)(=O)CCN1CCN(c2ccc(CN)cn2)CC1. The molecule has 1 fully saturated rings. The van der Waals surface area contributed by atoms with Crippen molar-refractivity contribution in [3.8, 4) is 0 Å². The van der Waals surface area contributed by atoms with E-state index in [1.807, 2.05) is 18.3 Å². The quantitative estimate of drug-likeness (QED) is 0.804. The Kier molecular flexibility index (Phi) is 4.95. The molecular weight excluding hydrogens is 276 g/mol. The van der Waals surface area contributed by atoms with Gasteiger partial charge in [0.1, 0.15) is 15.7 Å². The first-order valence-corrected chi connectivity index (χ1v) is 8.84. The summed E-state index contributed by atoms with van der Waals surface area (Å²) in [5.41, 5.74) is 6.58. The van der Waals surface area contributed by atoms with Crippen LogP contribution in [-0.2, 0) is 16.4 Å². The van der Waals surface area contributed by atoms with Crippen molar-refractivity contribution in [2.45, 2.75) is 6.54 Å². The van der Waals surface area contributed by atoms with Crippen molar-refractivity contribution in [2.24, 2.45) is 5.73 Å². The second-order valence-corrected chi connectivity index (χ2v) is 7.45. The molecule has 112 valence electrons. The molecule has 0 bridgehead atoms. The van der Waals surface area contributed by atoms with Gasteiger partial charge in [-0.25, -0.2) is 13.4 Å². The fraction of sp³-hybridized carbons (Fsp3) is 0.615. The van der Waals surface area contributed by atoms with E-state index in [2.05, 4.69) is 14.8 Å². The summed E-state index contributed by atoms with van der Waals surface area (Å²) in [5, 5.41) is 0. The third-order valence-corrected chi connectivity index (χ3v) is 4.44. The van der Waals surface area contributed by atoms with E-state index in [4.69, 9.17) is 5.73 Å². The van der Waals surface area contributed by atoms with Gasteiger partial charge < -0.3 is 10.6 Å². The smallest absolute Gasteiger partial charge is 0.148 e. The molecule has 2 heterocycles. The number of sulfone groups is 1. The number of pyridine rings is 1. The molecule has 2 N–H and O–H groups in total. The summed E-state index contributed by atoms with van der Waals surface area (Å²) in [5.74, 6) is 1.20. The van der Waals surface area contributed by atoms with Crippen molar-refractivity contribution in [2.75, 3.05) is 49.6 Å². The van der Waals surface area contributed by atoms with Gasteiger partial charge in [0.25, 0.3) is 0 Å². The Morgan fingerprint density at radius 2 is 1.95 bits per heavy atom. The van der Waals surface area contributed by atoms with E-state index < -0.39 is 9.84 Å². The molecule has 1 aromatic rings. The fourth-order valence-electron chi connectivity index (χ4n) is 2.22. The van der Waals surface area contributed by atoms with Crippen molar-refractivity contribution in [3.63, 3.8) is 0 Å². The number of nitrogens with zero attached hydrogens (tertiary/aromatic N) is 3. The van der Waals surface area contributed by atoms with Gasteiger partial charge in [0.15, 0.2) is 0 Å². The van der Waals surface area contributed by atoms with Gasteiger partial charge in [0.2, 0.25) is 0 Å². The van der Waals surface area contributed by atoms with Crippen molar-refractivity contribution in [1.82, 2.24) is 9.88 Å². The Balaban J connectivity index is 1.84. The third-order valence-electron chi connectivity index (χ3n) is 3.52. The Hall–Kier alpha value is -1.18.